The van der Waals surface area contributed by atoms with E-state index >= 15 is 0 Å². The van der Waals surface area contributed by atoms with Gasteiger partial charge < -0.3 is 10.6 Å². The number of hydrogen-bond acceptors (Lipinski definition) is 3. The molecule has 0 aliphatic heterocycles. The summed E-state index contributed by atoms with van der Waals surface area (Å²) in [6.45, 7) is 1.49. The van der Waals surface area contributed by atoms with Crippen molar-refractivity contribution in [1.82, 2.24) is 10.6 Å². The third-order valence-electron chi connectivity index (χ3n) is 5.00. The van der Waals surface area contributed by atoms with Crippen molar-refractivity contribution >= 4 is 23.2 Å². The smallest absolute Gasteiger partial charge is 0.222 e. The Bertz CT molecular complexity index is 709. The molecule has 2 unspecified atom stereocenters. The maximum Gasteiger partial charge on any atom is 0.222 e. The number of hydrogen-bond donors (Lipinski definition) is 2. The van der Waals surface area contributed by atoms with E-state index in [-0.39, 0.29) is 30.3 Å². The maximum atomic E-state index is 12.8. The Morgan fingerprint density at radius 3 is 2.42 bits per heavy atom. The average Bonchev–Trinajstić information content (AvgIpc) is 3.33. The van der Waals surface area contributed by atoms with Gasteiger partial charge in [0.1, 0.15) is 0 Å². The molecule has 26 heavy (non-hydrogen) atoms. The first kappa shape index (κ1) is 18.6. The first-order chi connectivity index (χ1) is 12.6. The van der Waals surface area contributed by atoms with E-state index in [0.717, 1.165) is 17.7 Å². The number of amides is 2. The summed E-state index contributed by atoms with van der Waals surface area (Å²) in [7, 11) is 0. The molecule has 2 atom stereocenters. The van der Waals surface area contributed by atoms with Gasteiger partial charge >= 0.3 is 0 Å². The van der Waals surface area contributed by atoms with Crippen LogP contribution in [0.4, 0.5) is 0 Å². The lowest BCUT2D eigenvalue weighted by Crippen LogP contribution is -2.36. The third-order valence-corrected chi connectivity index (χ3v) is 5.99. The van der Waals surface area contributed by atoms with Gasteiger partial charge in [-0.25, -0.2) is 0 Å². The van der Waals surface area contributed by atoms with E-state index in [0.29, 0.717) is 5.92 Å². The molecule has 138 valence electrons. The summed E-state index contributed by atoms with van der Waals surface area (Å²) in [5.41, 5.74) is 1.17. The van der Waals surface area contributed by atoms with E-state index in [2.05, 4.69) is 22.8 Å². The van der Waals surface area contributed by atoms with E-state index < -0.39 is 0 Å². The quantitative estimate of drug-likeness (QED) is 0.761. The molecule has 3 rings (SSSR count). The lowest BCUT2D eigenvalue weighted by molar-refractivity contribution is -0.123. The number of benzene rings is 1. The van der Waals surface area contributed by atoms with Crippen molar-refractivity contribution in [1.29, 1.82) is 0 Å². The van der Waals surface area contributed by atoms with Gasteiger partial charge in [0.2, 0.25) is 11.8 Å². The summed E-state index contributed by atoms with van der Waals surface area (Å²) in [5.74, 6) is 0.354. The fourth-order valence-electron chi connectivity index (χ4n) is 3.80. The Morgan fingerprint density at radius 2 is 1.81 bits per heavy atom. The Hall–Kier alpha value is -2.14. The Balaban J connectivity index is 1.71. The Labute approximate surface area is 159 Å². The number of carbonyl (C=O) groups excluding carboxylic acids is 2. The molecule has 2 amide bonds. The molecule has 5 heteroatoms. The van der Waals surface area contributed by atoms with Crippen LogP contribution >= 0.6 is 11.3 Å². The largest absolute Gasteiger partial charge is 0.349 e. The van der Waals surface area contributed by atoms with Gasteiger partial charge in [0, 0.05) is 11.8 Å². The molecule has 1 heterocycles. The predicted molar refractivity (Wildman–Crippen MR) is 105 cm³/mol. The second-order valence-corrected chi connectivity index (χ2v) is 7.95. The minimum atomic E-state index is -0.271. The molecule has 0 saturated heterocycles. The number of thiophene rings is 1. The van der Waals surface area contributed by atoms with Crippen LogP contribution in [0.5, 0.6) is 0 Å². The van der Waals surface area contributed by atoms with E-state index in [4.69, 9.17) is 0 Å². The molecule has 1 fully saturated rings. The summed E-state index contributed by atoms with van der Waals surface area (Å²) in [5, 5.41) is 8.13. The zero-order valence-electron chi connectivity index (χ0n) is 15.1. The van der Waals surface area contributed by atoms with Crippen molar-refractivity contribution in [2.45, 2.75) is 51.1 Å². The van der Waals surface area contributed by atoms with Crippen molar-refractivity contribution in [3.63, 3.8) is 0 Å². The molecule has 4 nitrogen and oxygen atoms in total. The predicted octanol–water partition coefficient (Wildman–Crippen LogP) is 4.36. The highest BCUT2D eigenvalue weighted by Crippen LogP contribution is 2.36. The zero-order valence-corrected chi connectivity index (χ0v) is 15.9. The van der Waals surface area contributed by atoms with Crippen LogP contribution in [0.1, 0.15) is 61.6 Å². The Morgan fingerprint density at radius 1 is 1.08 bits per heavy atom. The average molecular weight is 371 g/mol. The molecule has 2 aromatic rings. The second-order valence-electron chi connectivity index (χ2n) is 6.97. The molecule has 0 spiro atoms. The van der Waals surface area contributed by atoms with Crippen LogP contribution < -0.4 is 10.6 Å². The van der Waals surface area contributed by atoms with Gasteiger partial charge in [-0.3, -0.25) is 9.59 Å². The SMILES string of the molecule is CC(=O)NC(CC(=O)NC(c1ccccc1)C1CCCC1)c1cccs1. The van der Waals surface area contributed by atoms with Gasteiger partial charge in [-0.2, -0.15) is 0 Å². The molecule has 1 aliphatic carbocycles. The second kappa shape index (κ2) is 8.99. The maximum absolute atomic E-state index is 12.8. The molecule has 1 aliphatic rings. The molecule has 1 aromatic heterocycles. The molecule has 2 N–H and O–H groups in total. The lowest BCUT2D eigenvalue weighted by atomic mass is 9.91. The minimum absolute atomic E-state index is 0.0158. The van der Waals surface area contributed by atoms with E-state index in [1.54, 1.807) is 11.3 Å². The van der Waals surface area contributed by atoms with E-state index in [1.165, 1.54) is 25.3 Å². The van der Waals surface area contributed by atoms with E-state index in [1.807, 2.05) is 35.7 Å². The Kier molecular flexibility index (Phi) is 6.45. The van der Waals surface area contributed by atoms with Crippen LogP contribution in [-0.4, -0.2) is 11.8 Å². The molecule has 1 aromatic carbocycles. The highest BCUT2D eigenvalue weighted by molar-refractivity contribution is 7.10. The van der Waals surface area contributed by atoms with Crippen LogP contribution in [0.25, 0.3) is 0 Å². The van der Waals surface area contributed by atoms with Gasteiger partial charge in [0.05, 0.1) is 18.5 Å². The monoisotopic (exact) mass is 370 g/mol. The van der Waals surface area contributed by atoms with Crippen molar-refractivity contribution < 1.29 is 9.59 Å². The molecule has 1 saturated carbocycles. The lowest BCUT2D eigenvalue weighted by Gasteiger charge is -2.26. The summed E-state index contributed by atoms with van der Waals surface area (Å²) in [6.07, 6.45) is 5.02. The van der Waals surface area contributed by atoms with Crippen LogP contribution in [0.3, 0.4) is 0 Å². The van der Waals surface area contributed by atoms with Crippen LogP contribution in [0.2, 0.25) is 0 Å². The number of rotatable bonds is 7. The van der Waals surface area contributed by atoms with Crippen molar-refractivity contribution in [3.8, 4) is 0 Å². The minimum Gasteiger partial charge on any atom is -0.349 e. The normalized spacial score (nSPS) is 16.8. The fourth-order valence-corrected chi connectivity index (χ4v) is 4.58. The molecular formula is C21H26N2O2S. The van der Waals surface area contributed by atoms with Crippen molar-refractivity contribution in [2.24, 2.45) is 5.92 Å². The van der Waals surface area contributed by atoms with Crippen LogP contribution in [0, 0.1) is 5.92 Å². The molecular weight excluding hydrogens is 344 g/mol. The highest BCUT2D eigenvalue weighted by Gasteiger charge is 2.28. The molecule has 0 radical (unpaired) electrons. The summed E-state index contributed by atoms with van der Waals surface area (Å²) in [4.78, 5) is 25.4. The number of carbonyl (C=O) groups is 2. The molecule has 0 bridgehead atoms. The van der Waals surface area contributed by atoms with Gasteiger partial charge in [0.15, 0.2) is 0 Å². The third kappa shape index (κ3) is 4.94. The topological polar surface area (TPSA) is 58.2 Å². The summed E-state index contributed by atoms with van der Waals surface area (Å²) >= 11 is 1.56. The first-order valence-electron chi connectivity index (χ1n) is 9.28. The van der Waals surface area contributed by atoms with Crippen molar-refractivity contribution in [3.05, 3.63) is 58.3 Å². The highest BCUT2D eigenvalue weighted by atomic mass is 32.1. The number of nitrogens with one attached hydrogen (secondary N) is 2. The van der Waals surface area contributed by atoms with Crippen LogP contribution in [0.15, 0.2) is 47.8 Å². The zero-order chi connectivity index (χ0) is 18.4. The summed E-state index contributed by atoms with van der Waals surface area (Å²) < 4.78 is 0. The standard InChI is InChI=1S/C21H26N2O2S/c1-15(24)22-18(19-12-7-13-26-19)14-20(25)23-21(17-10-5-6-11-17)16-8-3-2-4-9-16/h2-4,7-9,12-13,17-18,21H,5-6,10-11,14H2,1H3,(H,22,24)(H,23,25). The van der Waals surface area contributed by atoms with Crippen molar-refractivity contribution in [2.75, 3.05) is 0 Å². The van der Waals surface area contributed by atoms with E-state index in [9.17, 15) is 9.59 Å². The van der Waals surface area contributed by atoms with Gasteiger partial charge in [-0.05, 0) is 35.8 Å². The van der Waals surface area contributed by atoms with Gasteiger partial charge in [-0.1, -0.05) is 49.2 Å². The summed E-state index contributed by atoms with van der Waals surface area (Å²) in [6, 6.07) is 13.9. The van der Waals surface area contributed by atoms with Gasteiger partial charge in [-0.15, -0.1) is 11.3 Å². The van der Waals surface area contributed by atoms with Gasteiger partial charge in [0.25, 0.3) is 0 Å². The fraction of sp³-hybridized carbons (Fsp3) is 0.429. The van der Waals surface area contributed by atoms with Crippen LogP contribution in [-0.2, 0) is 9.59 Å². The first-order valence-corrected chi connectivity index (χ1v) is 10.2.